The van der Waals surface area contributed by atoms with Gasteiger partial charge in [-0.25, -0.2) is 4.39 Å². The molecule has 0 heterocycles. The molecule has 0 bridgehead atoms. The van der Waals surface area contributed by atoms with Gasteiger partial charge in [-0.2, -0.15) is 0 Å². The van der Waals surface area contributed by atoms with Gasteiger partial charge in [0.05, 0.1) is 6.61 Å². The maximum Gasteiger partial charge on any atom is 0.326 e. The Morgan fingerprint density at radius 1 is 1.41 bits per heavy atom. The number of aliphatic carboxylic acids is 1. The minimum absolute atomic E-state index is 0.121. The van der Waals surface area contributed by atoms with Crippen molar-refractivity contribution >= 4 is 5.97 Å². The third kappa shape index (κ3) is 3.59. The molecule has 0 aliphatic rings. The van der Waals surface area contributed by atoms with E-state index >= 15 is 0 Å². The number of carboxylic acids is 1. The molecule has 1 N–H and O–H groups in total. The van der Waals surface area contributed by atoms with E-state index in [4.69, 9.17) is 4.74 Å². The highest BCUT2D eigenvalue weighted by Gasteiger charge is 2.42. The van der Waals surface area contributed by atoms with Crippen LogP contribution in [0.1, 0.15) is 46.1 Å². The van der Waals surface area contributed by atoms with Crippen molar-refractivity contribution in [3.05, 3.63) is 29.6 Å². The highest BCUT2D eigenvalue weighted by atomic mass is 19.1. The van der Waals surface area contributed by atoms with Crippen LogP contribution in [0.2, 0.25) is 0 Å². The molecule has 0 saturated carbocycles. The van der Waals surface area contributed by atoms with Gasteiger partial charge in [-0.15, -0.1) is 5.92 Å². The van der Waals surface area contributed by atoms with Crippen LogP contribution in [-0.4, -0.2) is 17.7 Å². The van der Waals surface area contributed by atoms with Crippen molar-refractivity contribution in [1.29, 1.82) is 0 Å². The molecule has 3 nitrogen and oxygen atoms in total. The van der Waals surface area contributed by atoms with Gasteiger partial charge in [-0.05, 0) is 37.0 Å². The van der Waals surface area contributed by atoms with E-state index in [-0.39, 0.29) is 11.7 Å². The van der Waals surface area contributed by atoms with E-state index in [0.717, 1.165) is 6.42 Å². The summed E-state index contributed by atoms with van der Waals surface area (Å²) in [7, 11) is 0. The number of benzene rings is 1. The Kier molecular flexibility index (Phi) is 6.42. The standard InChI is InChI=1S/C18H23FO3/c1-5-7-8-11-18(13(3)4,17(20)21)14-9-10-16(22-6-2)15(19)12-14/h9-10,12-13H,5-7H2,1-4H3,(H,20,21). The average Bonchev–Trinajstić information content (AvgIpc) is 2.45. The first-order valence-corrected chi connectivity index (χ1v) is 7.56. The van der Waals surface area contributed by atoms with Gasteiger partial charge in [0.2, 0.25) is 0 Å². The molecule has 0 aromatic heterocycles. The van der Waals surface area contributed by atoms with Crippen molar-refractivity contribution in [1.82, 2.24) is 0 Å². The highest BCUT2D eigenvalue weighted by molar-refractivity contribution is 5.86. The number of halogens is 1. The van der Waals surface area contributed by atoms with Gasteiger partial charge < -0.3 is 9.84 Å². The normalized spacial score (nSPS) is 13.2. The maximum atomic E-state index is 14.1. The summed E-state index contributed by atoms with van der Waals surface area (Å²) in [4.78, 5) is 11.9. The summed E-state index contributed by atoms with van der Waals surface area (Å²) in [5, 5.41) is 9.75. The van der Waals surface area contributed by atoms with E-state index in [2.05, 4.69) is 11.8 Å². The third-order valence-electron chi connectivity index (χ3n) is 3.55. The third-order valence-corrected chi connectivity index (χ3v) is 3.55. The van der Waals surface area contributed by atoms with Crippen LogP contribution in [0.15, 0.2) is 18.2 Å². The second-order valence-corrected chi connectivity index (χ2v) is 5.40. The topological polar surface area (TPSA) is 46.5 Å². The Labute approximate surface area is 131 Å². The zero-order valence-corrected chi connectivity index (χ0v) is 13.6. The van der Waals surface area contributed by atoms with Crippen LogP contribution in [0.25, 0.3) is 0 Å². The smallest absolute Gasteiger partial charge is 0.326 e. The van der Waals surface area contributed by atoms with E-state index in [1.54, 1.807) is 26.8 Å². The summed E-state index contributed by atoms with van der Waals surface area (Å²) >= 11 is 0. The second-order valence-electron chi connectivity index (χ2n) is 5.40. The molecule has 0 aliphatic carbocycles. The lowest BCUT2D eigenvalue weighted by atomic mass is 9.72. The number of hydrogen-bond donors (Lipinski definition) is 1. The molecular weight excluding hydrogens is 283 g/mol. The summed E-state index contributed by atoms with van der Waals surface area (Å²) in [6.07, 6.45) is 1.46. The Balaban J connectivity index is 3.42. The fraction of sp³-hybridized carbons (Fsp3) is 0.500. The number of carboxylic acid groups (broad SMARTS) is 1. The number of unbranched alkanes of at least 4 members (excludes halogenated alkanes) is 1. The molecule has 1 aromatic rings. The Hall–Kier alpha value is -2.02. The quantitative estimate of drug-likeness (QED) is 0.808. The van der Waals surface area contributed by atoms with Crippen LogP contribution in [0.5, 0.6) is 5.75 Å². The van der Waals surface area contributed by atoms with E-state index in [9.17, 15) is 14.3 Å². The molecule has 4 heteroatoms. The van der Waals surface area contributed by atoms with Crippen molar-refractivity contribution < 1.29 is 19.0 Å². The molecule has 0 radical (unpaired) electrons. The van der Waals surface area contributed by atoms with Crippen molar-refractivity contribution in [2.45, 2.75) is 46.0 Å². The van der Waals surface area contributed by atoms with Crippen molar-refractivity contribution in [3.63, 3.8) is 0 Å². The predicted octanol–water partition coefficient (Wildman–Crippen LogP) is 4.01. The van der Waals surface area contributed by atoms with Crippen LogP contribution in [0.4, 0.5) is 4.39 Å². The van der Waals surface area contributed by atoms with Crippen LogP contribution in [-0.2, 0) is 10.2 Å². The summed E-state index contributed by atoms with van der Waals surface area (Å²) in [5.41, 5.74) is -1.07. The SMILES string of the molecule is CCCC#CC(C(=O)O)(c1ccc(OCC)c(F)c1)C(C)C. The fourth-order valence-electron chi connectivity index (χ4n) is 2.32. The first-order chi connectivity index (χ1) is 10.4. The maximum absolute atomic E-state index is 14.1. The van der Waals surface area contributed by atoms with Crippen LogP contribution in [0.3, 0.4) is 0 Å². The zero-order valence-electron chi connectivity index (χ0n) is 13.6. The average molecular weight is 306 g/mol. The first-order valence-electron chi connectivity index (χ1n) is 7.56. The molecular formula is C18H23FO3. The molecule has 1 aromatic carbocycles. The van der Waals surface area contributed by atoms with E-state index in [1.165, 1.54) is 12.1 Å². The lowest BCUT2D eigenvalue weighted by molar-refractivity contribution is -0.143. The summed E-state index contributed by atoms with van der Waals surface area (Å²) in [5.74, 6) is 3.98. The zero-order chi connectivity index (χ0) is 16.8. The number of hydrogen-bond acceptors (Lipinski definition) is 2. The lowest BCUT2D eigenvalue weighted by Crippen LogP contribution is -2.39. The number of carbonyl (C=O) groups is 1. The molecule has 0 amide bonds. The first kappa shape index (κ1) is 18.0. The van der Waals surface area contributed by atoms with Crippen LogP contribution < -0.4 is 4.74 Å². The van der Waals surface area contributed by atoms with Gasteiger partial charge in [-0.1, -0.05) is 32.8 Å². The van der Waals surface area contributed by atoms with Crippen molar-refractivity contribution in [2.75, 3.05) is 6.61 Å². The second kappa shape index (κ2) is 7.84. The van der Waals surface area contributed by atoms with E-state index in [0.29, 0.717) is 18.6 Å². The van der Waals surface area contributed by atoms with Gasteiger partial charge in [-0.3, -0.25) is 4.79 Å². The predicted molar refractivity (Wildman–Crippen MR) is 84.4 cm³/mol. The summed E-state index contributed by atoms with van der Waals surface area (Å²) in [6, 6.07) is 4.28. The minimum Gasteiger partial charge on any atom is -0.491 e. The molecule has 0 spiro atoms. The highest BCUT2D eigenvalue weighted by Crippen LogP contribution is 2.34. The summed E-state index contributed by atoms with van der Waals surface area (Å²) in [6.45, 7) is 7.65. The minimum atomic E-state index is -1.42. The molecule has 1 unspecified atom stereocenters. The molecule has 1 rings (SSSR count). The Bertz CT molecular complexity index is 584. The number of ether oxygens (including phenoxy) is 1. The lowest BCUT2D eigenvalue weighted by Gasteiger charge is -2.29. The van der Waals surface area contributed by atoms with Gasteiger partial charge in [0.25, 0.3) is 0 Å². The van der Waals surface area contributed by atoms with Gasteiger partial charge in [0, 0.05) is 6.42 Å². The largest absolute Gasteiger partial charge is 0.491 e. The van der Waals surface area contributed by atoms with Crippen LogP contribution >= 0.6 is 0 Å². The van der Waals surface area contributed by atoms with Gasteiger partial charge in [0.15, 0.2) is 17.0 Å². The Morgan fingerprint density at radius 3 is 2.55 bits per heavy atom. The van der Waals surface area contributed by atoms with Gasteiger partial charge >= 0.3 is 5.97 Å². The van der Waals surface area contributed by atoms with E-state index in [1.807, 2.05) is 6.92 Å². The summed E-state index contributed by atoms with van der Waals surface area (Å²) < 4.78 is 19.3. The molecule has 22 heavy (non-hydrogen) atoms. The fourth-order valence-corrected chi connectivity index (χ4v) is 2.32. The molecule has 120 valence electrons. The van der Waals surface area contributed by atoms with Gasteiger partial charge in [0.1, 0.15) is 0 Å². The molecule has 1 atom stereocenters. The Morgan fingerprint density at radius 2 is 2.09 bits per heavy atom. The van der Waals surface area contributed by atoms with E-state index < -0.39 is 17.2 Å². The van der Waals surface area contributed by atoms with Crippen molar-refractivity contribution in [3.8, 4) is 17.6 Å². The number of rotatable bonds is 6. The van der Waals surface area contributed by atoms with Crippen molar-refractivity contribution in [2.24, 2.45) is 5.92 Å². The van der Waals surface area contributed by atoms with Crippen LogP contribution in [0, 0.1) is 23.6 Å². The molecule has 0 fully saturated rings. The molecule has 0 aliphatic heterocycles. The molecule has 0 saturated heterocycles. The monoisotopic (exact) mass is 306 g/mol.